The topological polar surface area (TPSA) is 21.3 Å². The van der Waals surface area contributed by atoms with Crippen LogP contribution >= 0.6 is 0 Å². The van der Waals surface area contributed by atoms with Gasteiger partial charge in [-0.25, -0.2) is 0 Å². The second kappa shape index (κ2) is 5.41. The normalized spacial score (nSPS) is 31.3. The van der Waals surface area contributed by atoms with E-state index in [0.717, 1.165) is 25.7 Å². The van der Waals surface area contributed by atoms with Gasteiger partial charge in [-0.05, 0) is 42.2 Å². The SMILES string of the molecule is CC1CCC(NCC2CCOC2)c2ccccc21. The smallest absolute Gasteiger partial charge is 0.0507 e. The monoisotopic (exact) mass is 245 g/mol. The van der Waals surface area contributed by atoms with Crippen molar-refractivity contribution in [2.75, 3.05) is 19.8 Å². The van der Waals surface area contributed by atoms with Crippen molar-refractivity contribution in [1.29, 1.82) is 0 Å². The van der Waals surface area contributed by atoms with Crippen LogP contribution in [0.4, 0.5) is 0 Å². The highest BCUT2D eigenvalue weighted by atomic mass is 16.5. The van der Waals surface area contributed by atoms with Crippen LogP contribution in [0.2, 0.25) is 0 Å². The molecule has 3 unspecified atom stereocenters. The van der Waals surface area contributed by atoms with Gasteiger partial charge in [-0.2, -0.15) is 0 Å². The predicted molar refractivity (Wildman–Crippen MR) is 73.8 cm³/mol. The summed E-state index contributed by atoms with van der Waals surface area (Å²) >= 11 is 0. The van der Waals surface area contributed by atoms with Crippen molar-refractivity contribution in [3.05, 3.63) is 35.4 Å². The minimum atomic E-state index is 0.554. The van der Waals surface area contributed by atoms with Gasteiger partial charge in [0, 0.05) is 19.2 Å². The zero-order chi connectivity index (χ0) is 12.4. The van der Waals surface area contributed by atoms with Crippen molar-refractivity contribution >= 4 is 0 Å². The number of nitrogens with one attached hydrogen (secondary N) is 1. The van der Waals surface area contributed by atoms with E-state index in [1.165, 1.54) is 24.8 Å². The molecule has 2 aliphatic rings. The summed E-state index contributed by atoms with van der Waals surface area (Å²) in [6.45, 7) is 5.34. The maximum absolute atomic E-state index is 5.44. The highest BCUT2D eigenvalue weighted by Crippen LogP contribution is 2.37. The van der Waals surface area contributed by atoms with Crippen molar-refractivity contribution in [1.82, 2.24) is 5.32 Å². The molecule has 1 saturated heterocycles. The minimum absolute atomic E-state index is 0.554. The van der Waals surface area contributed by atoms with Gasteiger partial charge in [0.25, 0.3) is 0 Å². The first kappa shape index (κ1) is 12.2. The standard InChI is InChI=1S/C16H23NO/c1-12-6-7-16(15-5-3-2-4-14(12)15)17-10-13-8-9-18-11-13/h2-5,12-13,16-17H,6-11H2,1H3. The lowest BCUT2D eigenvalue weighted by atomic mass is 9.81. The van der Waals surface area contributed by atoms with E-state index in [0.29, 0.717) is 12.0 Å². The highest BCUT2D eigenvalue weighted by molar-refractivity contribution is 5.34. The third-order valence-electron chi connectivity index (χ3n) is 4.47. The van der Waals surface area contributed by atoms with Crippen LogP contribution in [-0.4, -0.2) is 19.8 Å². The fraction of sp³-hybridized carbons (Fsp3) is 0.625. The number of hydrogen-bond acceptors (Lipinski definition) is 2. The lowest BCUT2D eigenvalue weighted by molar-refractivity contribution is 0.184. The van der Waals surface area contributed by atoms with Gasteiger partial charge in [-0.1, -0.05) is 31.2 Å². The van der Waals surface area contributed by atoms with Crippen molar-refractivity contribution in [2.45, 2.75) is 38.1 Å². The number of benzene rings is 1. The molecule has 2 heteroatoms. The second-order valence-corrected chi connectivity index (χ2v) is 5.80. The highest BCUT2D eigenvalue weighted by Gasteiger charge is 2.25. The van der Waals surface area contributed by atoms with Gasteiger partial charge in [-0.3, -0.25) is 0 Å². The maximum atomic E-state index is 5.44. The number of fused-ring (bicyclic) bond motifs is 1. The zero-order valence-electron chi connectivity index (χ0n) is 11.2. The molecule has 0 amide bonds. The maximum Gasteiger partial charge on any atom is 0.0507 e. The molecule has 1 fully saturated rings. The van der Waals surface area contributed by atoms with Gasteiger partial charge in [0.05, 0.1) is 6.61 Å². The van der Waals surface area contributed by atoms with Crippen LogP contribution in [0, 0.1) is 5.92 Å². The lowest BCUT2D eigenvalue weighted by Gasteiger charge is -2.31. The number of ether oxygens (including phenoxy) is 1. The molecule has 1 aliphatic heterocycles. The van der Waals surface area contributed by atoms with Crippen LogP contribution < -0.4 is 5.32 Å². The van der Waals surface area contributed by atoms with E-state index in [1.54, 1.807) is 5.56 Å². The summed E-state index contributed by atoms with van der Waals surface area (Å²) in [5.74, 6) is 1.44. The van der Waals surface area contributed by atoms with E-state index < -0.39 is 0 Å². The molecule has 1 N–H and O–H groups in total. The molecule has 1 aromatic rings. The van der Waals surface area contributed by atoms with E-state index in [1.807, 2.05) is 0 Å². The Morgan fingerprint density at radius 1 is 1.17 bits per heavy atom. The molecular formula is C16H23NO. The van der Waals surface area contributed by atoms with Crippen LogP contribution in [0.5, 0.6) is 0 Å². The fourth-order valence-electron chi connectivity index (χ4n) is 3.27. The van der Waals surface area contributed by atoms with Crippen LogP contribution in [0.25, 0.3) is 0 Å². The second-order valence-electron chi connectivity index (χ2n) is 5.80. The summed E-state index contributed by atoms with van der Waals surface area (Å²) in [7, 11) is 0. The van der Waals surface area contributed by atoms with Gasteiger partial charge in [-0.15, -0.1) is 0 Å². The summed E-state index contributed by atoms with van der Waals surface area (Å²) in [4.78, 5) is 0. The van der Waals surface area contributed by atoms with Crippen molar-refractivity contribution in [3.63, 3.8) is 0 Å². The van der Waals surface area contributed by atoms with E-state index in [-0.39, 0.29) is 0 Å². The summed E-state index contributed by atoms with van der Waals surface area (Å²) in [6.07, 6.45) is 3.79. The van der Waals surface area contributed by atoms with Crippen LogP contribution in [-0.2, 0) is 4.74 Å². The molecule has 3 atom stereocenters. The molecule has 0 aromatic heterocycles. The Morgan fingerprint density at radius 3 is 2.78 bits per heavy atom. The molecule has 0 saturated carbocycles. The third kappa shape index (κ3) is 2.45. The van der Waals surface area contributed by atoms with Gasteiger partial charge in [0.1, 0.15) is 0 Å². The van der Waals surface area contributed by atoms with Crippen molar-refractivity contribution in [3.8, 4) is 0 Å². The van der Waals surface area contributed by atoms with Gasteiger partial charge in [0.15, 0.2) is 0 Å². The van der Waals surface area contributed by atoms with Gasteiger partial charge < -0.3 is 10.1 Å². The van der Waals surface area contributed by atoms with Gasteiger partial charge >= 0.3 is 0 Å². The average Bonchev–Trinajstić information content (AvgIpc) is 2.92. The van der Waals surface area contributed by atoms with Gasteiger partial charge in [0.2, 0.25) is 0 Å². The zero-order valence-corrected chi connectivity index (χ0v) is 11.2. The minimum Gasteiger partial charge on any atom is -0.381 e. The quantitative estimate of drug-likeness (QED) is 0.882. The van der Waals surface area contributed by atoms with Crippen molar-refractivity contribution < 1.29 is 4.74 Å². The van der Waals surface area contributed by atoms with E-state index in [4.69, 9.17) is 4.74 Å². The third-order valence-corrected chi connectivity index (χ3v) is 4.47. The molecular weight excluding hydrogens is 222 g/mol. The molecule has 2 nitrogen and oxygen atoms in total. The number of rotatable bonds is 3. The molecule has 18 heavy (non-hydrogen) atoms. The predicted octanol–water partition coefficient (Wildman–Crippen LogP) is 3.25. The Labute approximate surface area is 110 Å². The summed E-state index contributed by atoms with van der Waals surface area (Å²) in [5.41, 5.74) is 3.07. The van der Waals surface area contributed by atoms with E-state index in [2.05, 4.69) is 36.5 Å². The Hall–Kier alpha value is -0.860. The first-order valence-corrected chi connectivity index (χ1v) is 7.24. The van der Waals surface area contributed by atoms with Crippen molar-refractivity contribution in [2.24, 2.45) is 5.92 Å². The molecule has 0 radical (unpaired) electrons. The summed E-state index contributed by atoms with van der Waals surface area (Å²) in [6, 6.07) is 9.49. The van der Waals surface area contributed by atoms with Crippen LogP contribution in [0.3, 0.4) is 0 Å². The Morgan fingerprint density at radius 2 is 2.00 bits per heavy atom. The fourth-order valence-corrected chi connectivity index (χ4v) is 3.27. The number of hydrogen-bond donors (Lipinski definition) is 1. The summed E-state index contributed by atoms with van der Waals surface area (Å²) in [5, 5.41) is 3.76. The van der Waals surface area contributed by atoms with Crippen LogP contribution in [0.15, 0.2) is 24.3 Å². The lowest BCUT2D eigenvalue weighted by Crippen LogP contribution is -2.30. The van der Waals surface area contributed by atoms with Crippen LogP contribution in [0.1, 0.15) is 49.3 Å². The molecule has 1 aromatic carbocycles. The molecule has 1 aliphatic carbocycles. The molecule has 0 bridgehead atoms. The Balaban J connectivity index is 1.68. The largest absolute Gasteiger partial charge is 0.381 e. The Kier molecular flexibility index (Phi) is 3.67. The average molecular weight is 245 g/mol. The first-order chi connectivity index (χ1) is 8.84. The molecule has 1 heterocycles. The molecule has 0 spiro atoms. The van der Waals surface area contributed by atoms with E-state index >= 15 is 0 Å². The molecule has 3 rings (SSSR count). The Bertz CT molecular complexity index is 398. The first-order valence-electron chi connectivity index (χ1n) is 7.24. The molecule has 98 valence electrons. The summed E-state index contributed by atoms with van der Waals surface area (Å²) < 4.78 is 5.44. The van der Waals surface area contributed by atoms with E-state index in [9.17, 15) is 0 Å².